The van der Waals surface area contributed by atoms with Crippen molar-refractivity contribution in [3.63, 3.8) is 0 Å². The van der Waals surface area contributed by atoms with E-state index in [1.807, 2.05) is 47.5 Å². The molecule has 22 heavy (non-hydrogen) atoms. The molecule has 3 aromatic rings. The number of nitrogens with zero attached hydrogens (tertiary/aromatic N) is 3. The van der Waals surface area contributed by atoms with Crippen LogP contribution in [0.1, 0.15) is 11.1 Å². The molecule has 0 bridgehead atoms. The highest BCUT2D eigenvalue weighted by atomic mass is 35.5. The van der Waals surface area contributed by atoms with Gasteiger partial charge in [0, 0.05) is 11.8 Å². The van der Waals surface area contributed by atoms with Crippen molar-refractivity contribution >= 4 is 23.6 Å². The molecule has 2 aromatic carbocycles. The summed E-state index contributed by atoms with van der Waals surface area (Å²) in [7, 11) is 0. The van der Waals surface area contributed by atoms with Crippen LogP contribution >= 0.6 is 11.6 Å². The van der Waals surface area contributed by atoms with E-state index in [0.29, 0.717) is 16.8 Å². The molecule has 0 radical (unpaired) electrons. The minimum absolute atomic E-state index is 0.640. The van der Waals surface area contributed by atoms with E-state index in [9.17, 15) is 0 Å². The maximum Gasteiger partial charge on any atom is 0.249 e. The molecule has 0 spiro atoms. The zero-order valence-corrected chi connectivity index (χ0v) is 12.5. The van der Waals surface area contributed by atoms with Crippen molar-refractivity contribution in [2.24, 2.45) is 0 Å². The monoisotopic (exact) mass is 308 g/mol. The zero-order chi connectivity index (χ0) is 14.9. The molecule has 1 aromatic heterocycles. The number of hydrogen-bond donors (Lipinski definition) is 1. The standard InChI is InChI=1S/C17H13ClN4/c18-15-8-4-3-7-14(15)16-19-17(21-20-16)22-10-9-12-5-1-2-6-13(12)11-22/h1-10H,11H2,(H,19,20,21). The Balaban J connectivity index is 1.65. The van der Waals surface area contributed by atoms with Gasteiger partial charge in [0.2, 0.25) is 5.95 Å². The topological polar surface area (TPSA) is 44.8 Å². The van der Waals surface area contributed by atoms with E-state index in [-0.39, 0.29) is 0 Å². The second-order valence-corrected chi connectivity index (χ2v) is 5.51. The van der Waals surface area contributed by atoms with Crippen molar-refractivity contribution in [1.82, 2.24) is 15.2 Å². The minimum Gasteiger partial charge on any atom is -0.311 e. The van der Waals surface area contributed by atoms with Gasteiger partial charge in [0.15, 0.2) is 5.82 Å². The number of nitrogens with one attached hydrogen (secondary N) is 1. The third-order valence-electron chi connectivity index (χ3n) is 3.69. The minimum atomic E-state index is 0.640. The summed E-state index contributed by atoms with van der Waals surface area (Å²) >= 11 is 6.21. The molecule has 1 aliphatic heterocycles. The lowest BCUT2D eigenvalue weighted by Gasteiger charge is -2.21. The number of benzene rings is 2. The summed E-state index contributed by atoms with van der Waals surface area (Å²) < 4.78 is 0. The van der Waals surface area contributed by atoms with E-state index in [2.05, 4.69) is 33.4 Å². The predicted molar refractivity (Wildman–Crippen MR) is 88.5 cm³/mol. The molecule has 0 saturated heterocycles. The Morgan fingerprint density at radius 1 is 1.05 bits per heavy atom. The molecular weight excluding hydrogens is 296 g/mol. The van der Waals surface area contributed by atoms with E-state index >= 15 is 0 Å². The Labute approximate surface area is 133 Å². The van der Waals surface area contributed by atoms with Gasteiger partial charge >= 0.3 is 0 Å². The highest BCUT2D eigenvalue weighted by Crippen LogP contribution is 2.27. The van der Waals surface area contributed by atoms with Gasteiger partial charge < -0.3 is 4.90 Å². The molecule has 0 amide bonds. The van der Waals surface area contributed by atoms with E-state index in [0.717, 1.165) is 12.1 Å². The molecule has 5 heteroatoms. The number of rotatable bonds is 2. The van der Waals surface area contributed by atoms with Gasteiger partial charge in [0.25, 0.3) is 0 Å². The molecule has 0 atom stereocenters. The number of halogens is 1. The van der Waals surface area contributed by atoms with Crippen LogP contribution in [0.3, 0.4) is 0 Å². The van der Waals surface area contributed by atoms with Crippen molar-refractivity contribution in [2.45, 2.75) is 6.54 Å². The fraction of sp³-hybridized carbons (Fsp3) is 0.0588. The molecule has 1 aliphatic rings. The first-order valence-electron chi connectivity index (χ1n) is 7.01. The second-order valence-electron chi connectivity index (χ2n) is 5.11. The molecule has 4 nitrogen and oxygen atoms in total. The van der Waals surface area contributed by atoms with E-state index in [1.165, 1.54) is 11.1 Å². The van der Waals surface area contributed by atoms with E-state index in [4.69, 9.17) is 11.6 Å². The smallest absolute Gasteiger partial charge is 0.249 e. The van der Waals surface area contributed by atoms with Crippen molar-refractivity contribution < 1.29 is 0 Å². The molecule has 1 N–H and O–H groups in total. The fourth-order valence-electron chi connectivity index (χ4n) is 2.54. The number of hydrogen-bond acceptors (Lipinski definition) is 3. The third kappa shape index (κ3) is 2.27. The Morgan fingerprint density at radius 2 is 1.86 bits per heavy atom. The average molecular weight is 309 g/mol. The Morgan fingerprint density at radius 3 is 2.77 bits per heavy atom. The van der Waals surface area contributed by atoms with Gasteiger partial charge in [-0.15, -0.1) is 5.10 Å². The number of anilines is 1. The summed E-state index contributed by atoms with van der Waals surface area (Å²) in [4.78, 5) is 6.57. The lowest BCUT2D eigenvalue weighted by atomic mass is 10.0. The molecule has 0 saturated carbocycles. The van der Waals surface area contributed by atoms with Gasteiger partial charge in [-0.2, -0.15) is 4.98 Å². The Bertz CT molecular complexity index is 853. The van der Waals surface area contributed by atoms with E-state index < -0.39 is 0 Å². The van der Waals surface area contributed by atoms with Crippen LogP contribution in [-0.4, -0.2) is 15.2 Å². The number of H-pyrrole nitrogens is 1. The summed E-state index contributed by atoms with van der Waals surface area (Å²) in [5.74, 6) is 1.31. The van der Waals surface area contributed by atoms with Crippen LogP contribution in [0.5, 0.6) is 0 Å². The lowest BCUT2D eigenvalue weighted by molar-refractivity contribution is 0.899. The lowest BCUT2D eigenvalue weighted by Crippen LogP contribution is -2.20. The van der Waals surface area contributed by atoms with Crippen LogP contribution in [0.25, 0.3) is 17.5 Å². The highest BCUT2D eigenvalue weighted by molar-refractivity contribution is 6.33. The first kappa shape index (κ1) is 13.1. The van der Waals surface area contributed by atoms with Crippen LogP contribution in [-0.2, 0) is 6.54 Å². The van der Waals surface area contributed by atoms with Crippen molar-refractivity contribution in [3.05, 3.63) is 70.9 Å². The molecule has 4 rings (SSSR count). The fourth-order valence-corrected chi connectivity index (χ4v) is 2.76. The Kier molecular flexibility index (Phi) is 3.16. The predicted octanol–water partition coefficient (Wildman–Crippen LogP) is 4.12. The van der Waals surface area contributed by atoms with Gasteiger partial charge in [0.1, 0.15) is 0 Å². The maximum absolute atomic E-state index is 6.21. The summed E-state index contributed by atoms with van der Waals surface area (Å²) in [6.07, 6.45) is 4.08. The van der Waals surface area contributed by atoms with Crippen LogP contribution in [0, 0.1) is 0 Å². The molecule has 0 aliphatic carbocycles. The molecule has 0 unspecified atom stereocenters. The van der Waals surface area contributed by atoms with Gasteiger partial charge in [-0.05, 0) is 29.3 Å². The molecular formula is C17H13ClN4. The van der Waals surface area contributed by atoms with Gasteiger partial charge in [0.05, 0.1) is 11.6 Å². The average Bonchev–Trinajstić information content (AvgIpc) is 3.04. The number of aromatic nitrogens is 3. The van der Waals surface area contributed by atoms with E-state index in [1.54, 1.807) is 0 Å². The van der Waals surface area contributed by atoms with Crippen molar-refractivity contribution in [3.8, 4) is 11.4 Å². The Hall–Kier alpha value is -2.59. The van der Waals surface area contributed by atoms with Gasteiger partial charge in [-0.3, -0.25) is 5.10 Å². The summed E-state index contributed by atoms with van der Waals surface area (Å²) in [6.45, 7) is 0.756. The third-order valence-corrected chi connectivity index (χ3v) is 4.02. The van der Waals surface area contributed by atoms with Crippen LogP contribution in [0.15, 0.2) is 54.7 Å². The van der Waals surface area contributed by atoms with Gasteiger partial charge in [-0.1, -0.05) is 48.0 Å². The summed E-state index contributed by atoms with van der Waals surface area (Å²) in [5, 5.41) is 7.93. The molecule has 108 valence electrons. The zero-order valence-electron chi connectivity index (χ0n) is 11.7. The van der Waals surface area contributed by atoms with Crippen molar-refractivity contribution in [2.75, 3.05) is 4.90 Å². The van der Waals surface area contributed by atoms with Crippen LogP contribution in [0.2, 0.25) is 5.02 Å². The normalized spacial score (nSPS) is 13.2. The largest absolute Gasteiger partial charge is 0.311 e. The summed E-state index contributed by atoms with van der Waals surface area (Å²) in [6, 6.07) is 15.9. The molecule has 0 fully saturated rings. The first-order chi connectivity index (χ1) is 10.8. The molecule has 2 heterocycles. The van der Waals surface area contributed by atoms with Crippen molar-refractivity contribution in [1.29, 1.82) is 0 Å². The SMILES string of the molecule is Clc1ccccc1-c1nc(N2C=Cc3ccccc3C2)n[nH]1. The first-order valence-corrected chi connectivity index (χ1v) is 7.39. The van der Waals surface area contributed by atoms with Gasteiger partial charge in [-0.25, -0.2) is 0 Å². The summed E-state index contributed by atoms with van der Waals surface area (Å²) in [5.41, 5.74) is 3.35. The quantitative estimate of drug-likeness (QED) is 0.774. The van der Waals surface area contributed by atoms with Crippen LogP contribution < -0.4 is 4.90 Å². The van der Waals surface area contributed by atoms with Crippen LogP contribution in [0.4, 0.5) is 5.95 Å². The second kappa shape index (κ2) is 5.31. The number of fused-ring (bicyclic) bond motifs is 1. The number of aromatic amines is 1. The maximum atomic E-state index is 6.21. The highest BCUT2D eigenvalue weighted by Gasteiger charge is 2.16.